The Kier molecular flexibility index (Phi) is 3.65. The Balaban J connectivity index is 2.30. The maximum atomic E-state index is 9.49. The topological polar surface area (TPSA) is 40.5 Å². The lowest BCUT2D eigenvalue weighted by Gasteiger charge is -2.42. The summed E-state index contributed by atoms with van der Waals surface area (Å²) in [6.07, 6.45) is 4.71. The molecule has 0 aliphatic heterocycles. The fourth-order valence-corrected chi connectivity index (χ4v) is 4.04. The van der Waals surface area contributed by atoms with Crippen molar-refractivity contribution in [2.75, 3.05) is 13.2 Å². The summed E-state index contributed by atoms with van der Waals surface area (Å²) in [6, 6.07) is 0. The highest BCUT2D eigenvalue weighted by molar-refractivity contribution is 5.23. The fourth-order valence-electron chi connectivity index (χ4n) is 4.04. The van der Waals surface area contributed by atoms with E-state index >= 15 is 0 Å². The minimum Gasteiger partial charge on any atom is -0.396 e. The fraction of sp³-hybridized carbons (Fsp3) is 0.867. The van der Waals surface area contributed by atoms with Gasteiger partial charge in [-0.15, -0.1) is 0 Å². The summed E-state index contributed by atoms with van der Waals surface area (Å²) in [5.74, 6) is 1.76. The highest BCUT2D eigenvalue weighted by Crippen LogP contribution is 2.54. The summed E-state index contributed by atoms with van der Waals surface area (Å²) in [5.41, 5.74) is 2.99. The minimum atomic E-state index is 0.193. The van der Waals surface area contributed by atoms with E-state index in [2.05, 4.69) is 20.8 Å². The Morgan fingerprint density at radius 3 is 2.59 bits per heavy atom. The van der Waals surface area contributed by atoms with Crippen molar-refractivity contribution in [2.45, 2.75) is 46.5 Å². The van der Waals surface area contributed by atoms with E-state index in [1.165, 1.54) is 24.0 Å². The van der Waals surface area contributed by atoms with Gasteiger partial charge in [0.15, 0.2) is 0 Å². The average molecular weight is 238 g/mol. The number of rotatable bonds is 2. The molecule has 2 N–H and O–H groups in total. The molecule has 2 aliphatic rings. The van der Waals surface area contributed by atoms with Gasteiger partial charge in [0.05, 0.1) is 6.61 Å². The summed E-state index contributed by atoms with van der Waals surface area (Å²) in [5, 5.41) is 18.9. The first-order chi connectivity index (χ1) is 7.98. The predicted octanol–water partition coefficient (Wildman–Crippen LogP) is 2.75. The van der Waals surface area contributed by atoms with Gasteiger partial charge >= 0.3 is 0 Å². The summed E-state index contributed by atoms with van der Waals surface area (Å²) in [4.78, 5) is 0. The minimum absolute atomic E-state index is 0.193. The van der Waals surface area contributed by atoms with Gasteiger partial charge in [0, 0.05) is 6.61 Å². The molecule has 2 nitrogen and oxygen atoms in total. The van der Waals surface area contributed by atoms with Crippen molar-refractivity contribution in [3.8, 4) is 0 Å². The second-order valence-electron chi connectivity index (χ2n) is 6.80. The van der Waals surface area contributed by atoms with Crippen LogP contribution in [-0.4, -0.2) is 23.4 Å². The number of fused-ring (bicyclic) bond motifs is 1. The SMILES string of the molecule is CC(CO)=C1CC(C)(C)C[C@@H]2[C@@H](CO)CC[C@H]12. The molecule has 0 spiro atoms. The maximum absolute atomic E-state index is 9.49. The van der Waals surface area contributed by atoms with Crippen LogP contribution in [0.15, 0.2) is 11.1 Å². The first-order valence-electron chi connectivity index (χ1n) is 6.89. The molecule has 0 radical (unpaired) electrons. The third-order valence-corrected chi connectivity index (χ3v) is 4.90. The van der Waals surface area contributed by atoms with Gasteiger partial charge in [0.25, 0.3) is 0 Å². The standard InChI is InChI=1S/C15H26O2/c1-10(8-16)13-6-15(2,3)7-14-11(9-17)4-5-12(13)14/h11-12,14,16-17H,4-9H2,1-3H3/t11-,12-,14-/m1/s1. The average Bonchev–Trinajstić information content (AvgIpc) is 2.68. The van der Waals surface area contributed by atoms with Crippen LogP contribution in [0.25, 0.3) is 0 Å². The van der Waals surface area contributed by atoms with Crippen LogP contribution in [0.3, 0.4) is 0 Å². The van der Waals surface area contributed by atoms with Crippen molar-refractivity contribution in [2.24, 2.45) is 23.2 Å². The molecule has 0 heterocycles. The molecule has 0 aromatic carbocycles. The zero-order valence-corrected chi connectivity index (χ0v) is 11.4. The van der Waals surface area contributed by atoms with Crippen LogP contribution in [0.2, 0.25) is 0 Å². The molecule has 2 heteroatoms. The maximum Gasteiger partial charge on any atom is 0.0641 e. The lowest BCUT2D eigenvalue weighted by atomic mass is 9.63. The zero-order chi connectivity index (χ0) is 12.6. The molecular formula is C15H26O2. The third-order valence-electron chi connectivity index (χ3n) is 4.90. The smallest absolute Gasteiger partial charge is 0.0641 e. The highest BCUT2D eigenvalue weighted by atomic mass is 16.3. The molecule has 0 bridgehead atoms. The van der Waals surface area contributed by atoms with Crippen molar-refractivity contribution in [3.05, 3.63) is 11.1 Å². The van der Waals surface area contributed by atoms with Gasteiger partial charge in [-0.1, -0.05) is 19.4 Å². The van der Waals surface area contributed by atoms with Gasteiger partial charge in [-0.25, -0.2) is 0 Å². The van der Waals surface area contributed by atoms with Crippen LogP contribution in [0.4, 0.5) is 0 Å². The molecule has 0 aromatic heterocycles. The lowest BCUT2D eigenvalue weighted by molar-refractivity contribution is 0.117. The number of hydrogen-bond acceptors (Lipinski definition) is 2. The second kappa shape index (κ2) is 4.74. The van der Waals surface area contributed by atoms with Gasteiger partial charge < -0.3 is 10.2 Å². The Morgan fingerprint density at radius 2 is 2.00 bits per heavy atom. The van der Waals surface area contributed by atoms with Crippen LogP contribution < -0.4 is 0 Å². The Hall–Kier alpha value is -0.340. The van der Waals surface area contributed by atoms with E-state index in [-0.39, 0.29) is 6.61 Å². The molecule has 3 atom stereocenters. The van der Waals surface area contributed by atoms with Gasteiger partial charge in [0.1, 0.15) is 0 Å². The van der Waals surface area contributed by atoms with Crippen LogP contribution in [0, 0.1) is 23.2 Å². The van der Waals surface area contributed by atoms with Gasteiger partial charge in [0.2, 0.25) is 0 Å². The van der Waals surface area contributed by atoms with Crippen LogP contribution >= 0.6 is 0 Å². The van der Waals surface area contributed by atoms with Gasteiger partial charge in [-0.2, -0.15) is 0 Å². The first-order valence-corrected chi connectivity index (χ1v) is 6.89. The molecule has 0 saturated heterocycles. The molecule has 2 fully saturated rings. The monoisotopic (exact) mass is 238 g/mol. The van der Waals surface area contributed by atoms with Crippen molar-refractivity contribution < 1.29 is 10.2 Å². The highest BCUT2D eigenvalue weighted by Gasteiger charge is 2.45. The normalized spacial score (nSPS) is 39.0. The quantitative estimate of drug-likeness (QED) is 0.726. The second-order valence-corrected chi connectivity index (χ2v) is 6.80. The van der Waals surface area contributed by atoms with Crippen molar-refractivity contribution in [1.29, 1.82) is 0 Å². The Bertz CT molecular complexity index is 317. The van der Waals surface area contributed by atoms with E-state index in [4.69, 9.17) is 0 Å². The number of aliphatic hydroxyl groups excluding tert-OH is 2. The first kappa shape index (κ1) is 13.1. The van der Waals surface area contributed by atoms with E-state index in [1.54, 1.807) is 0 Å². The van der Waals surface area contributed by atoms with E-state index < -0.39 is 0 Å². The molecule has 2 aliphatic carbocycles. The molecule has 98 valence electrons. The van der Waals surface area contributed by atoms with Gasteiger partial charge in [-0.3, -0.25) is 0 Å². The summed E-state index contributed by atoms with van der Waals surface area (Å²) < 4.78 is 0. The molecular weight excluding hydrogens is 212 g/mol. The van der Waals surface area contributed by atoms with Crippen molar-refractivity contribution in [1.82, 2.24) is 0 Å². The number of hydrogen-bond donors (Lipinski definition) is 2. The number of aliphatic hydroxyl groups is 2. The third kappa shape index (κ3) is 2.43. The zero-order valence-electron chi connectivity index (χ0n) is 11.4. The molecule has 0 amide bonds. The Labute approximate surface area is 105 Å². The van der Waals surface area contributed by atoms with Gasteiger partial charge in [-0.05, 0) is 61.3 Å². The van der Waals surface area contributed by atoms with E-state index in [1.807, 2.05) is 0 Å². The van der Waals surface area contributed by atoms with Crippen molar-refractivity contribution in [3.63, 3.8) is 0 Å². The van der Waals surface area contributed by atoms with Crippen LogP contribution in [0.5, 0.6) is 0 Å². The molecule has 17 heavy (non-hydrogen) atoms. The molecule has 2 saturated carbocycles. The van der Waals surface area contributed by atoms with E-state index in [0.717, 1.165) is 12.8 Å². The van der Waals surface area contributed by atoms with Crippen LogP contribution in [-0.2, 0) is 0 Å². The van der Waals surface area contributed by atoms with Crippen LogP contribution in [0.1, 0.15) is 46.5 Å². The van der Waals surface area contributed by atoms with E-state index in [9.17, 15) is 10.2 Å². The molecule has 0 unspecified atom stereocenters. The predicted molar refractivity (Wildman–Crippen MR) is 69.6 cm³/mol. The summed E-state index contributed by atoms with van der Waals surface area (Å²) in [6.45, 7) is 7.24. The molecule has 2 rings (SSSR count). The number of allylic oxidation sites excluding steroid dienone is 1. The van der Waals surface area contributed by atoms with Crippen molar-refractivity contribution >= 4 is 0 Å². The largest absolute Gasteiger partial charge is 0.396 e. The van der Waals surface area contributed by atoms with E-state index in [0.29, 0.717) is 29.8 Å². The lowest BCUT2D eigenvalue weighted by Crippen LogP contribution is -2.33. The summed E-state index contributed by atoms with van der Waals surface area (Å²) in [7, 11) is 0. The summed E-state index contributed by atoms with van der Waals surface area (Å²) >= 11 is 0. The molecule has 0 aromatic rings. The Morgan fingerprint density at radius 1 is 1.29 bits per heavy atom.